The van der Waals surface area contributed by atoms with Crippen molar-refractivity contribution in [2.45, 2.75) is 4.90 Å². The van der Waals surface area contributed by atoms with E-state index in [1.807, 2.05) is 0 Å². The summed E-state index contributed by atoms with van der Waals surface area (Å²) in [6.07, 6.45) is 0. The van der Waals surface area contributed by atoms with Crippen molar-refractivity contribution >= 4 is 31.9 Å². The van der Waals surface area contributed by atoms with Crippen molar-refractivity contribution in [2.75, 3.05) is 33.3 Å². The molecule has 0 unspecified atom stereocenters. The van der Waals surface area contributed by atoms with Crippen LogP contribution < -0.4 is 4.74 Å². The average Bonchev–Trinajstić information content (AvgIpc) is 3.07. The van der Waals surface area contributed by atoms with Crippen LogP contribution in [0.3, 0.4) is 0 Å². The number of ether oxygens (including phenoxy) is 1. The van der Waals surface area contributed by atoms with Crippen LogP contribution in [0.2, 0.25) is 0 Å². The molecule has 1 aliphatic rings. The summed E-state index contributed by atoms with van der Waals surface area (Å²) in [4.78, 5) is 14.1. The Kier molecular flexibility index (Phi) is 5.16. The van der Waals surface area contributed by atoms with Gasteiger partial charge in [-0.1, -0.05) is 0 Å². The highest BCUT2D eigenvalue weighted by molar-refractivity contribution is 9.10. The minimum atomic E-state index is -3.59. The monoisotopic (exact) mass is 428 g/mol. The molecular formula is C16H17BrN2O5S. The Balaban J connectivity index is 1.67. The Morgan fingerprint density at radius 2 is 1.72 bits per heavy atom. The van der Waals surface area contributed by atoms with Crippen LogP contribution in [0, 0.1) is 0 Å². The number of amides is 1. The standard InChI is InChI=1S/C16H17BrN2O5S/c1-23-12-2-4-13(5-3-12)25(21,22)19-10-8-18(9-11-19)16(20)14-6-7-15(17)24-14/h2-7H,8-11H2,1H3. The van der Waals surface area contributed by atoms with Gasteiger partial charge in [-0.25, -0.2) is 8.42 Å². The van der Waals surface area contributed by atoms with E-state index in [0.29, 0.717) is 23.5 Å². The molecule has 0 radical (unpaired) electrons. The zero-order chi connectivity index (χ0) is 18.0. The number of piperazine rings is 1. The minimum Gasteiger partial charge on any atom is -0.497 e. The maximum atomic E-state index is 12.7. The molecule has 0 atom stereocenters. The highest BCUT2D eigenvalue weighted by Gasteiger charge is 2.31. The second-order valence-electron chi connectivity index (χ2n) is 5.48. The highest BCUT2D eigenvalue weighted by atomic mass is 79.9. The van der Waals surface area contributed by atoms with Crippen LogP contribution in [-0.4, -0.2) is 56.8 Å². The van der Waals surface area contributed by atoms with E-state index in [2.05, 4.69) is 15.9 Å². The zero-order valence-corrected chi connectivity index (χ0v) is 15.9. The zero-order valence-electron chi connectivity index (χ0n) is 13.5. The first-order valence-corrected chi connectivity index (χ1v) is 9.84. The van der Waals surface area contributed by atoms with Gasteiger partial charge in [0.1, 0.15) is 5.75 Å². The lowest BCUT2D eigenvalue weighted by molar-refractivity contribution is 0.0664. The van der Waals surface area contributed by atoms with Gasteiger partial charge in [-0.3, -0.25) is 4.79 Å². The number of hydrogen-bond donors (Lipinski definition) is 0. The van der Waals surface area contributed by atoms with E-state index in [0.717, 1.165) is 0 Å². The minimum absolute atomic E-state index is 0.211. The highest BCUT2D eigenvalue weighted by Crippen LogP contribution is 2.22. The summed E-state index contributed by atoms with van der Waals surface area (Å²) in [5.74, 6) is 0.588. The van der Waals surface area contributed by atoms with Crippen LogP contribution in [0.5, 0.6) is 5.75 Å². The SMILES string of the molecule is COc1ccc(S(=O)(=O)N2CCN(C(=O)c3ccc(Br)o3)CC2)cc1. The molecule has 0 spiro atoms. The first kappa shape index (κ1) is 18.0. The van der Waals surface area contributed by atoms with Gasteiger partial charge >= 0.3 is 0 Å². The first-order chi connectivity index (χ1) is 11.9. The molecule has 1 aliphatic heterocycles. The van der Waals surface area contributed by atoms with Crippen molar-refractivity contribution in [3.05, 3.63) is 46.8 Å². The molecule has 1 fully saturated rings. The number of nitrogens with zero attached hydrogens (tertiary/aromatic N) is 2. The Morgan fingerprint density at radius 1 is 1.08 bits per heavy atom. The Labute approximate surface area is 154 Å². The van der Waals surface area contributed by atoms with Crippen molar-refractivity contribution in [3.8, 4) is 5.75 Å². The van der Waals surface area contributed by atoms with Gasteiger partial charge in [0, 0.05) is 26.2 Å². The molecule has 1 aromatic carbocycles. The second-order valence-corrected chi connectivity index (χ2v) is 8.20. The van der Waals surface area contributed by atoms with Gasteiger partial charge in [0.2, 0.25) is 10.0 Å². The van der Waals surface area contributed by atoms with Crippen LogP contribution in [0.1, 0.15) is 10.6 Å². The third-order valence-corrected chi connectivity index (χ3v) is 6.35. The quantitative estimate of drug-likeness (QED) is 0.745. The Bertz CT molecular complexity index is 855. The fourth-order valence-corrected chi connectivity index (χ4v) is 4.34. The number of methoxy groups -OCH3 is 1. The lowest BCUT2D eigenvalue weighted by atomic mass is 10.3. The van der Waals surface area contributed by atoms with Gasteiger partial charge in [-0.15, -0.1) is 0 Å². The third-order valence-electron chi connectivity index (χ3n) is 4.01. The van der Waals surface area contributed by atoms with E-state index in [9.17, 15) is 13.2 Å². The summed E-state index contributed by atoms with van der Waals surface area (Å²) in [6, 6.07) is 9.51. The summed E-state index contributed by atoms with van der Waals surface area (Å²) in [5.41, 5.74) is 0. The van der Waals surface area contributed by atoms with Crippen LogP contribution in [0.15, 0.2) is 50.4 Å². The number of halogens is 1. The van der Waals surface area contributed by atoms with Gasteiger partial charge < -0.3 is 14.1 Å². The number of carbonyl (C=O) groups excluding carboxylic acids is 1. The summed E-state index contributed by atoms with van der Waals surface area (Å²) in [6.45, 7) is 1.10. The molecule has 3 rings (SSSR count). The van der Waals surface area contributed by atoms with Gasteiger partial charge in [0.25, 0.3) is 5.91 Å². The van der Waals surface area contributed by atoms with Crippen LogP contribution in [-0.2, 0) is 10.0 Å². The van der Waals surface area contributed by atoms with Crippen LogP contribution in [0.25, 0.3) is 0 Å². The van der Waals surface area contributed by atoms with Crippen LogP contribution in [0.4, 0.5) is 0 Å². The predicted octanol–water partition coefficient (Wildman–Crippen LogP) is 2.20. The average molecular weight is 429 g/mol. The van der Waals surface area contributed by atoms with Crippen molar-refractivity contribution in [1.29, 1.82) is 0 Å². The largest absolute Gasteiger partial charge is 0.497 e. The van der Waals surface area contributed by atoms with Crippen LogP contribution >= 0.6 is 15.9 Å². The smallest absolute Gasteiger partial charge is 0.289 e. The molecule has 25 heavy (non-hydrogen) atoms. The molecule has 0 N–H and O–H groups in total. The molecule has 0 aliphatic carbocycles. The number of carbonyl (C=O) groups is 1. The number of hydrogen-bond acceptors (Lipinski definition) is 5. The first-order valence-electron chi connectivity index (χ1n) is 7.60. The number of sulfonamides is 1. The van der Waals surface area contributed by atoms with E-state index < -0.39 is 10.0 Å². The summed E-state index contributed by atoms with van der Waals surface area (Å²) in [7, 11) is -2.06. The molecular weight excluding hydrogens is 412 g/mol. The summed E-state index contributed by atoms with van der Waals surface area (Å²) >= 11 is 3.16. The molecule has 0 saturated carbocycles. The molecule has 9 heteroatoms. The molecule has 2 heterocycles. The maximum absolute atomic E-state index is 12.7. The fraction of sp³-hybridized carbons (Fsp3) is 0.312. The lowest BCUT2D eigenvalue weighted by Crippen LogP contribution is -2.50. The molecule has 1 aromatic heterocycles. The Morgan fingerprint density at radius 3 is 2.24 bits per heavy atom. The van der Waals surface area contributed by atoms with E-state index in [-0.39, 0.29) is 29.7 Å². The second kappa shape index (κ2) is 7.19. The van der Waals surface area contributed by atoms with E-state index >= 15 is 0 Å². The predicted molar refractivity (Wildman–Crippen MR) is 94.1 cm³/mol. The number of furan rings is 1. The van der Waals surface area contributed by atoms with Crippen molar-refractivity contribution < 1.29 is 22.4 Å². The lowest BCUT2D eigenvalue weighted by Gasteiger charge is -2.33. The number of rotatable bonds is 4. The molecule has 0 bridgehead atoms. The maximum Gasteiger partial charge on any atom is 0.289 e. The van der Waals surface area contributed by atoms with E-state index in [1.165, 1.54) is 23.5 Å². The summed E-state index contributed by atoms with van der Waals surface area (Å²) < 4.78 is 37.6. The van der Waals surface area contributed by atoms with Gasteiger partial charge in [0.15, 0.2) is 10.4 Å². The number of benzene rings is 1. The topological polar surface area (TPSA) is 80.1 Å². The van der Waals surface area contributed by atoms with Crippen molar-refractivity contribution in [2.24, 2.45) is 0 Å². The molecule has 7 nitrogen and oxygen atoms in total. The van der Waals surface area contributed by atoms with E-state index in [4.69, 9.17) is 9.15 Å². The fourth-order valence-electron chi connectivity index (χ4n) is 2.61. The molecule has 1 saturated heterocycles. The van der Waals surface area contributed by atoms with Crippen molar-refractivity contribution in [1.82, 2.24) is 9.21 Å². The molecule has 1 amide bonds. The molecule has 2 aromatic rings. The van der Waals surface area contributed by atoms with Gasteiger partial charge in [-0.05, 0) is 52.3 Å². The normalized spacial score (nSPS) is 16.0. The van der Waals surface area contributed by atoms with Crippen molar-refractivity contribution in [3.63, 3.8) is 0 Å². The molecule has 134 valence electrons. The van der Waals surface area contributed by atoms with E-state index in [1.54, 1.807) is 29.2 Å². The summed E-state index contributed by atoms with van der Waals surface area (Å²) in [5, 5.41) is 0. The van der Waals surface area contributed by atoms with Gasteiger partial charge in [-0.2, -0.15) is 4.31 Å². The van der Waals surface area contributed by atoms with Gasteiger partial charge in [0.05, 0.1) is 12.0 Å². The third kappa shape index (κ3) is 3.73. The Hall–Kier alpha value is -1.84.